The number of halogens is 1. The Morgan fingerprint density at radius 1 is 1.53 bits per heavy atom. The van der Waals surface area contributed by atoms with E-state index in [9.17, 15) is 4.79 Å². The predicted molar refractivity (Wildman–Crippen MR) is 56.5 cm³/mol. The lowest BCUT2D eigenvalue weighted by atomic mass is 9.93. The number of amides is 1. The van der Waals surface area contributed by atoms with Gasteiger partial charge in [0.1, 0.15) is 0 Å². The summed E-state index contributed by atoms with van der Waals surface area (Å²) in [5, 5.41) is 12.2. The van der Waals surface area contributed by atoms with Crippen LogP contribution in [0.25, 0.3) is 0 Å². The molecule has 0 radical (unpaired) electrons. The lowest BCUT2D eigenvalue weighted by Gasteiger charge is -2.09. The summed E-state index contributed by atoms with van der Waals surface area (Å²) in [6.07, 6.45) is 0.745. The van der Waals surface area contributed by atoms with Gasteiger partial charge in [-0.3, -0.25) is 4.79 Å². The van der Waals surface area contributed by atoms with Crippen LogP contribution in [0, 0.1) is 11.3 Å². The van der Waals surface area contributed by atoms with Crippen LogP contribution in [0.4, 0.5) is 0 Å². The summed E-state index contributed by atoms with van der Waals surface area (Å²) in [5.74, 6) is -0.203. The monoisotopic (exact) mass is 220 g/mol. The van der Waals surface area contributed by atoms with Crippen LogP contribution in [-0.2, 0) is 4.79 Å². The molecular formula is C11H9ClN2O. The summed E-state index contributed by atoms with van der Waals surface area (Å²) in [6.45, 7) is 0.678. The minimum atomic E-state index is -0.197. The maximum Gasteiger partial charge on any atom is 0.227 e. The number of nitrogens with one attached hydrogen (secondary N) is 1. The first kappa shape index (κ1) is 10.0. The molecule has 1 atom stereocenters. The molecule has 1 fully saturated rings. The summed E-state index contributed by atoms with van der Waals surface area (Å²) < 4.78 is 0. The van der Waals surface area contributed by atoms with E-state index in [1.54, 1.807) is 18.2 Å². The Morgan fingerprint density at radius 3 is 2.93 bits per heavy atom. The summed E-state index contributed by atoms with van der Waals surface area (Å²) >= 11 is 5.79. The van der Waals surface area contributed by atoms with Crippen LogP contribution in [0.1, 0.15) is 23.5 Å². The van der Waals surface area contributed by atoms with Gasteiger partial charge in [0.05, 0.1) is 17.6 Å². The number of nitriles is 1. The van der Waals surface area contributed by atoms with E-state index in [-0.39, 0.29) is 11.8 Å². The molecule has 1 aromatic rings. The van der Waals surface area contributed by atoms with Crippen LogP contribution >= 0.6 is 11.6 Å². The highest BCUT2D eigenvalue weighted by atomic mass is 35.5. The molecule has 0 saturated carbocycles. The van der Waals surface area contributed by atoms with E-state index in [0.29, 0.717) is 17.1 Å². The van der Waals surface area contributed by atoms with Gasteiger partial charge < -0.3 is 5.32 Å². The average molecular weight is 221 g/mol. The van der Waals surface area contributed by atoms with E-state index in [1.165, 1.54) is 0 Å². The number of hydrogen-bond acceptors (Lipinski definition) is 2. The second-order valence-corrected chi connectivity index (χ2v) is 3.91. The van der Waals surface area contributed by atoms with Crippen molar-refractivity contribution < 1.29 is 4.79 Å². The van der Waals surface area contributed by atoms with Crippen molar-refractivity contribution in [3.63, 3.8) is 0 Å². The maximum absolute atomic E-state index is 11.5. The number of rotatable bonds is 1. The van der Waals surface area contributed by atoms with E-state index < -0.39 is 0 Å². The van der Waals surface area contributed by atoms with Crippen molar-refractivity contribution in [2.24, 2.45) is 0 Å². The molecule has 15 heavy (non-hydrogen) atoms. The largest absolute Gasteiger partial charge is 0.356 e. The molecule has 4 heteroatoms. The van der Waals surface area contributed by atoms with Crippen LogP contribution in [-0.4, -0.2) is 12.5 Å². The Labute approximate surface area is 92.7 Å². The SMILES string of the molecule is N#Cc1cc(Cl)ccc1C1CCNC1=O. The van der Waals surface area contributed by atoms with E-state index in [4.69, 9.17) is 16.9 Å². The van der Waals surface area contributed by atoms with Crippen molar-refractivity contribution in [1.29, 1.82) is 5.26 Å². The molecule has 0 spiro atoms. The van der Waals surface area contributed by atoms with Crippen LogP contribution in [0.3, 0.4) is 0 Å². The van der Waals surface area contributed by atoms with Gasteiger partial charge in [-0.05, 0) is 24.1 Å². The van der Waals surface area contributed by atoms with Crippen LogP contribution in [0.15, 0.2) is 18.2 Å². The zero-order valence-corrected chi connectivity index (χ0v) is 8.71. The van der Waals surface area contributed by atoms with Crippen LogP contribution in [0.5, 0.6) is 0 Å². The highest BCUT2D eigenvalue weighted by Gasteiger charge is 2.27. The second-order valence-electron chi connectivity index (χ2n) is 3.48. The minimum absolute atomic E-state index is 0.00572. The highest BCUT2D eigenvalue weighted by molar-refractivity contribution is 6.30. The number of nitrogens with zero attached hydrogens (tertiary/aromatic N) is 1. The third kappa shape index (κ3) is 1.81. The van der Waals surface area contributed by atoms with Gasteiger partial charge in [-0.25, -0.2) is 0 Å². The summed E-state index contributed by atoms with van der Waals surface area (Å²) in [5.41, 5.74) is 1.27. The molecule has 1 heterocycles. The first-order chi connectivity index (χ1) is 7.22. The lowest BCUT2D eigenvalue weighted by molar-refractivity contribution is -0.120. The van der Waals surface area contributed by atoms with Gasteiger partial charge in [-0.15, -0.1) is 0 Å². The smallest absolute Gasteiger partial charge is 0.227 e. The number of hydrogen-bond donors (Lipinski definition) is 1. The Kier molecular flexibility index (Phi) is 2.61. The molecule has 2 rings (SSSR count). The van der Waals surface area contributed by atoms with Crippen LogP contribution < -0.4 is 5.32 Å². The van der Waals surface area contributed by atoms with E-state index in [0.717, 1.165) is 12.0 Å². The van der Waals surface area contributed by atoms with Gasteiger partial charge >= 0.3 is 0 Å². The molecule has 1 saturated heterocycles. The molecule has 0 aromatic heterocycles. The molecule has 1 unspecified atom stereocenters. The van der Waals surface area contributed by atoms with Crippen molar-refractivity contribution in [2.45, 2.75) is 12.3 Å². The Hall–Kier alpha value is -1.53. The zero-order chi connectivity index (χ0) is 10.8. The van der Waals surface area contributed by atoms with Crippen LogP contribution in [0.2, 0.25) is 5.02 Å². The number of benzene rings is 1. The van der Waals surface area contributed by atoms with E-state index in [2.05, 4.69) is 11.4 Å². The third-order valence-electron chi connectivity index (χ3n) is 2.56. The molecule has 0 aliphatic carbocycles. The molecular weight excluding hydrogens is 212 g/mol. The fraction of sp³-hybridized carbons (Fsp3) is 0.273. The summed E-state index contributed by atoms with van der Waals surface area (Å²) in [6, 6.07) is 7.14. The highest BCUT2D eigenvalue weighted by Crippen LogP contribution is 2.28. The maximum atomic E-state index is 11.5. The van der Waals surface area contributed by atoms with Crippen molar-refractivity contribution in [1.82, 2.24) is 5.32 Å². The fourth-order valence-electron chi connectivity index (χ4n) is 1.82. The van der Waals surface area contributed by atoms with Crippen molar-refractivity contribution in [2.75, 3.05) is 6.54 Å². The van der Waals surface area contributed by atoms with Crippen molar-refractivity contribution in [3.05, 3.63) is 34.3 Å². The average Bonchev–Trinajstić information content (AvgIpc) is 2.64. The first-order valence-corrected chi connectivity index (χ1v) is 5.07. The Morgan fingerprint density at radius 2 is 2.33 bits per heavy atom. The molecule has 1 N–H and O–H groups in total. The molecule has 1 aliphatic heterocycles. The standard InChI is InChI=1S/C11H9ClN2O/c12-8-1-2-9(7(5-8)6-13)10-3-4-14-11(10)15/h1-2,5,10H,3-4H2,(H,14,15). The minimum Gasteiger partial charge on any atom is -0.356 e. The van der Waals surface area contributed by atoms with Gasteiger partial charge in [-0.2, -0.15) is 5.26 Å². The fourth-order valence-corrected chi connectivity index (χ4v) is 1.99. The molecule has 1 aromatic carbocycles. The summed E-state index contributed by atoms with van der Waals surface area (Å²) in [4.78, 5) is 11.5. The number of carbonyl (C=O) groups excluding carboxylic acids is 1. The molecule has 76 valence electrons. The zero-order valence-electron chi connectivity index (χ0n) is 7.96. The van der Waals surface area contributed by atoms with E-state index >= 15 is 0 Å². The van der Waals surface area contributed by atoms with E-state index in [1.807, 2.05) is 0 Å². The van der Waals surface area contributed by atoms with Gasteiger partial charge in [0.2, 0.25) is 5.91 Å². The first-order valence-electron chi connectivity index (χ1n) is 4.69. The summed E-state index contributed by atoms with van der Waals surface area (Å²) in [7, 11) is 0. The normalized spacial score (nSPS) is 19.7. The number of carbonyl (C=O) groups is 1. The Balaban J connectivity index is 2.44. The third-order valence-corrected chi connectivity index (χ3v) is 2.80. The topological polar surface area (TPSA) is 52.9 Å². The van der Waals surface area contributed by atoms with Gasteiger partial charge in [0, 0.05) is 11.6 Å². The van der Waals surface area contributed by atoms with Crippen molar-refractivity contribution >= 4 is 17.5 Å². The van der Waals surface area contributed by atoms with Gasteiger partial charge in [0.15, 0.2) is 0 Å². The molecule has 0 bridgehead atoms. The molecule has 1 aliphatic rings. The quantitative estimate of drug-likeness (QED) is 0.785. The molecule has 3 nitrogen and oxygen atoms in total. The second kappa shape index (κ2) is 3.92. The van der Waals surface area contributed by atoms with Gasteiger partial charge in [0.25, 0.3) is 0 Å². The predicted octanol–water partition coefficient (Wildman–Crippen LogP) is 1.82. The van der Waals surface area contributed by atoms with Crippen molar-refractivity contribution in [3.8, 4) is 6.07 Å². The van der Waals surface area contributed by atoms with Gasteiger partial charge in [-0.1, -0.05) is 17.7 Å². The Bertz CT molecular complexity index is 450. The molecule has 1 amide bonds. The lowest BCUT2D eigenvalue weighted by Crippen LogP contribution is -2.18.